The van der Waals surface area contributed by atoms with E-state index in [1.54, 1.807) is 0 Å². The van der Waals surface area contributed by atoms with Crippen molar-refractivity contribution in [2.24, 2.45) is 11.7 Å². The van der Waals surface area contributed by atoms with E-state index >= 15 is 0 Å². The lowest BCUT2D eigenvalue weighted by Crippen LogP contribution is -2.53. The Morgan fingerprint density at radius 3 is 2.11 bits per heavy atom. The molecule has 6 heteroatoms. The molecule has 0 unspecified atom stereocenters. The van der Waals surface area contributed by atoms with Gasteiger partial charge in [-0.25, -0.2) is 0 Å². The molecule has 2 rings (SSSR count). The topological polar surface area (TPSA) is 49.6 Å². The van der Waals surface area contributed by atoms with Crippen LogP contribution in [-0.4, -0.2) is 54.0 Å². The fourth-order valence-electron chi connectivity index (χ4n) is 2.59. The summed E-state index contributed by atoms with van der Waals surface area (Å²) in [5.74, 6) is 0.635. The molecule has 1 aliphatic heterocycles. The molecule has 2 N–H and O–H groups in total. The van der Waals surface area contributed by atoms with Crippen LogP contribution in [0.1, 0.15) is 33.1 Å². The van der Waals surface area contributed by atoms with Gasteiger partial charge < -0.3 is 10.6 Å². The Labute approximate surface area is 128 Å². The number of nitrogens with zero attached hydrogens (tertiary/aromatic N) is 2. The van der Waals surface area contributed by atoms with Gasteiger partial charge in [-0.15, -0.1) is 24.8 Å². The molecule has 0 bridgehead atoms. The Balaban J connectivity index is 0.00000162. The van der Waals surface area contributed by atoms with E-state index in [2.05, 4.69) is 18.7 Å². The van der Waals surface area contributed by atoms with Crippen molar-refractivity contribution in [1.82, 2.24) is 9.80 Å². The zero-order chi connectivity index (χ0) is 12.4. The van der Waals surface area contributed by atoms with Crippen molar-refractivity contribution >= 4 is 30.7 Å². The van der Waals surface area contributed by atoms with Crippen molar-refractivity contribution in [2.75, 3.05) is 26.2 Å². The zero-order valence-corrected chi connectivity index (χ0v) is 13.5. The second kappa shape index (κ2) is 8.30. The maximum absolute atomic E-state index is 12.1. The summed E-state index contributed by atoms with van der Waals surface area (Å²) in [6, 6.07) is 0.513. The third kappa shape index (κ3) is 5.46. The first kappa shape index (κ1) is 19.0. The Hall–Kier alpha value is -0.0300. The lowest BCUT2D eigenvalue weighted by Gasteiger charge is -2.36. The second-order valence-corrected chi connectivity index (χ2v) is 5.83. The number of hydrogen-bond donors (Lipinski definition) is 1. The minimum Gasteiger partial charge on any atom is -0.339 e. The van der Waals surface area contributed by atoms with Gasteiger partial charge in [-0.3, -0.25) is 9.69 Å². The molecule has 2 fully saturated rings. The molecular weight excluding hydrogens is 285 g/mol. The SMILES string of the molecule is CC(C)C[C@H](N)C(=O)N1CCN(C2CC2)CC1.Cl.Cl. The van der Waals surface area contributed by atoms with Crippen molar-refractivity contribution in [1.29, 1.82) is 0 Å². The molecule has 19 heavy (non-hydrogen) atoms. The first-order valence-electron chi connectivity index (χ1n) is 6.86. The van der Waals surface area contributed by atoms with Gasteiger partial charge in [0.15, 0.2) is 0 Å². The lowest BCUT2D eigenvalue weighted by atomic mass is 10.0. The van der Waals surface area contributed by atoms with E-state index < -0.39 is 0 Å². The number of amides is 1. The van der Waals surface area contributed by atoms with Gasteiger partial charge in [-0.05, 0) is 25.2 Å². The fourth-order valence-corrected chi connectivity index (χ4v) is 2.59. The van der Waals surface area contributed by atoms with Crippen LogP contribution in [0.25, 0.3) is 0 Å². The molecule has 0 radical (unpaired) electrons. The highest BCUT2D eigenvalue weighted by molar-refractivity contribution is 5.85. The Morgan fingerprint density at radius 2 is 1.68 bits per heavy atom. The molecule has 114 valence electrons. The van der Waals surface area contributed by atoms with E-state index in [0.29, 0.717) is 5.92 Å². The summed E-state index contributed by atoms with van der Waals surface area (Å²) >= 11 is 0. The maximum atomic E-state index is 12.1. The van der Waals surface area contributed by atoms with Gasteiger partial charge in [0.05, 0.1) is 6.04 Å². The van der Waals surface area contributed by atoms with E-state index in [0.717, 1.165) is 38.6 Å². The smallest absolute Gasteiger partial charge is 0.239 e. The molecule has 1 heterocycles. The minimum absolute atomic E-state index is 0. The quantitative estimate of drug-likeness (QED) is 0.856. The van der Waals surface area contributed by atoms with Crippen LogP contribution in [0.15, 0.2) is 0 Å². The van der Waals surface area contributed by atoms with Gasteiger partial charge in [-0.1, -0.05) is 13.8 Å². The predicted molar refractivity (Wildman–Crippen MR) is 83.1 cm³/mol. The highest BCUT2D eigenvalue weighted by atomic mass is 35.5. The van der Waals surface area contributed by atoms with Crippen molar-refractivity contribution in [3.8, 4) is 0 Å². The summed E-state index contributed by atoms with van der Waals surface area (Å²) in [7, 11) is 0. The zero-order valence-electron chi connectivity index (χ0n) is 11.9. The Kier molecular flexibility index (Phi) is 8.29. The number of hydrogen-bond acceptors (Lipinski definition) is 3. The fraction of sp³-hybridized carbons (Fsp3) is 0.923. The Morgan fingerprint density at radius 1 is 1.16 bits per heavy atom. The highest BCUT2D eigenvalue weighted by Crippen LogP contribution is 2.27. The molecule has 0 aromatic carbocycles. The third-order valence-corrected chi connectivity index (χ3v) is 3.73. The van der Waals surface area contributed by atoms with Crippen LogP contribution in [0.2, 0.25) is 0 Å². The monoisotopic (exact) mass is 311 g/mol. The van der Waals surface area contributed by atoms with E-state index in [1.807, 2.05) is 4.90 Å². The maximum Gasteiger partial charge on any atom is 0.239 e. The number of rotatable bonds is 4. The molecule has 1 aliphatic carbocycles. The molecular formula is C13H27Cl2N3O. The summed E-state index contributed by atoms with van der Waals surface area (Å²) in [6.45, 7) is 8.01. The van der Waals surface area contributed by atoms with Gasteiger partial charge in [0.1, 0.15) is 0 Å². The third-order valence-electron chi connectivity index (χ3n) is 3.73. The van der Waals surface area contributed by atoms with Gasteiger partial charge >= 0.3 is 0 Å². The molecule has 1 saturated heterocycles. The van der Waals surface area contributed by atoms with E-state index in [4.69, 9.17) is 5.73 Å². The van der Waals surface area contributed by atoms with Crippen molar-refractivity contribution in [2.45, 2.75) is 45.2 Å². The molecule has 1 amide bonds. The van der Waals surface area contributed by atoms with Gasteiger partial charge in [0.25, 0.3) is 0 Å². The Bertz CT molecular complexity index is 277. The molecule has 2 aliphatic rings. The van der Waals surface area contributed by atoms with E-state index in [1.165, 1.54) is 12.8 Å². The largest absolute Gasteiger partial charge is 0.339 e. The highest BCUT2D eigenvalue weighted by Gasteiger charge is 2.33. The summed E-state index contributed by atoms with van der Waals surface area (Å²) in [5.41, 5.74) is 5.95. The summed E-state index contributed by atoms with van der Waals surface area (Å²) in [6.07, 6.45) is 3.49. The van der Waals surface area contributed by atoms with Gasteiger partial charge in [-0.2, -0.15) is 0 Å². The van der Waals surface area contributed by atoms with Crippen LogP contribution in [0.4, 0.5) is 0 Å². The molecule has 1 saturated carbocycles. The van der Waals surface area contributed by atoms with Crippen molar-refractivity contribution in [3.63, 3.8) is 0 Å². The number of piperazine rings is 1. The molecule has 1 atom stereocenters. The average Bonchev–Trinajstić information content (AvgIpc) is 3.11. The van der Waals surface area contributed by atoms with Gasteiger partial charge in [0.2, 0.25) is 5.91 Å². The van der Waals surface area contributed by atoms with Crippen LogP contribution in [-0.2, 0) is 4.79 Å². The van der Waals surface area contributed by atoms with Crippen LogP contribution in [0.5, 0.6) is 0 Å². The van der Waals surface area contributed by atoms with E-state index in [-0.39, 0.29) is 36.8 Å². The summed E-state index contributed by atoms with van der Waals surface area (Å²) < 4.78 is 0. The summed E-state index contributed by atoms with van der Waals surface area (Å²) in [4.78, 5) is 16.6. The second-order valence-electron chi connectivity index (χ2n) is 5.83. The average molecular weight is 312 g/mol. The van der Waals surface area contributed by atoms with Crippen LogP contribution in [0, 0.1) is 5.92 Å². The predicted octanol–water partition coefficient (Wildman–Crippen LogP) is 1.51. The number of nitrogens with two attached hydrogens (primary N) is 1. The van der Waals surface area contributed by atoms with Crippen LogP contribution in [0.3, 0.4) is 0 Å². The molecule has 0 spiro atoms. The normalized spacial score (nSPS) is 21.6. The number of carbonyl (C=O) groups is 1. The number of halogens is 2. The van der Waals surface area contributed by atoms with Crippen molar-refractivity contribution < 1.29 is 4.79 Å². The molecule has 0 aromatic rings. The first-order valence-corrected chi connectivity index (χ1v) is 6.86. The van der Waals surface area contributed by atoms with Gasteiger partial charge in [0, 0.05) is 32.2 Å². The lowest BCUT2D eigenvalue weighted by molar-refractivity contribution is -0.134. The van der Waals surface area contributed by atoms with Crippen molar-refractivity contribution in [3.05, 3.63) is 0 Å². The van der Waals surface area contributed by atoms with E-state index in [9.17, 15) is 4.79 Å². The number of carbonyl (C=O) groups excluding carboxylic acids is 1. The molecule has 0 aromatic heterocycles. The first-order chi connectivity index (χ1) is 8.08. The van der Waals surface area contributed by atoms with Crippen LogP contribution >= 0.6 is 24.8 Å². The minimum atomic E-state index is -0.303. The standard InChI is InChI=1S/C13H25N3O.2ClH/c1-10(2)9-12(14)13(17)16-7-5-15(6-8-16)11-3-4-11;;/h10-12H,3-9,14H2,1-2H3;2*1H/t12-;;/m0../s1. The van der Waals surface area contributed by atoms with Crippen LogP contribution < -0.4 is 5.73 Å². The molecule has 4 nitrogen and oxygen atoms in total. The summed E-state index contributed by atoms with van der Waals surface area (Å²) in [5, 5.41) is 0.